The fraction of sp³-hybridized carbons (Fsp3) is 0.263. The van der Waals surface area contributed by atoms with Crippen LogP contribution in [0, 0.1) is 0 Å². The van der Waals surface area contributed by atoms with Crippen molar-refractivity contribution in [2.75, 3.05) is 0 Å². The molecule has 0 radical (unpaired) electrons. The fourth-order valence-electron chi connectivity index (χ4n) is 2.74. The number of carbonyl (C=O) groups is 1. The first-order valence-corrected chi connectivity index (χ1v) is 8.35. The van der Waals surface area contributed by atoms with Crippen LogP contribution in [0.3, 0.4) is 0 Å². The molecular formula is C19H20N4O2. The molecule has 6 heteroatoms. The third-order valence-corrected chi connectivity index (χ3v) is 4.11. The Morgan fingerprint density at radius 2 is 1.88 bits per heavy atom. The molecule has 1 N–H and O–H groups in total. The Labute approximate surface area is 146 Å². The van der Waals surface area contributed by atoms with Crippen molar-refractivity contribution in [3.05, 3.63) is 65.5 Å². The quantitative estimate of drug-likeness (QED) is 0.715. The predicted molar refractivity (Wildman–Crippen MR) is 94.4 cm³/mol. The molecule has 0 aliphatic carbocycles. The van der Waals surface area contributed by atoms with Crippen LogP contribution < -0.4 is 0 Å². The molecule has 0 bridgehead atoms. The van der Waals surface area contributed by atoms with Gasteiger partial charge in [0.25, 0.3) is 0 Å². The summed E-state index contributed by atoms with van der Waals surface area (Å²) in [4.78, 5) is 11.4. The summed E-state index contributed by atoms with van der Waals surface area (Å²) in [5.74, 6) is -0.0816. The highest BCUT2D eigenvalue weighted by molar-refractivity contribution is 5.95. The molecule has 0 saturated carbocycles. The van der Waals surface area contributed by atoms with Gasteiger partial charge in [-0.05, 0) is 39.6 Å². The van der Waals surface area contributed by atoms with E-state index in [0.717, 1.165) is 36.3 Å². The second kappa shape index (κ2) is 7.70. The molecule has 0 aliphatic heterocycles. The average Bonchev–Trinajstić information content (AvgIpc) is 3.07. The summed E-state index contributed by atoms with van der Waals surface area (Å²) < 4.78 is 1.84. The van der Waals surface area contributed by atoms with E-state index in [9.17, 15) is 9.90 Å². The number of aryl methyl sites for hydroxylation is 1. The Bertz CT molecular complexity index is 856. The number of aromatic nitrogens is 4. The van der Waals surface area contributed by atoms with Crippen LogP contribution in [0.25, 0.3) is 11.1 Å². The maximum Gasteiger partial charge on any atom is 0.336 e. The van der Waals surface area contributed by atoms with Crippen LogP contribution in [-0.4, -0.2) is 31.3 Å². The lowest BCUT2D eigenvalue weighted by atomic mass is 9.98. The lowest BCUT2D eigenvalue weighted by Gasteiger charge is -2.08. The molecule has 3 rings (SSSR count). The molecule has 0 saturated heterocycles. The number of aromatic carboxylic acids is 1. The molecule has 6 nitrogen and oxygen atoms in total. The minimum Gasteiger partial charge on any atom is -0.478 e. The van der Waals surface area contributed by atoms with E-state index in [2.05, 4.69) is 22.4 Å². The number of carboxylic acid groups (broad SMARTS) is 1. The summed E-state index contributed by atoms with van der Waals surface area (Å²) in [5.41, 5.74) is 2.99. The van der Waals surface area contributed by atoms with Gasteiger partial charge in [-0.3, -0.25) is 0 Å². The number of tetrazole rings is 1. The first kappa shape index (κ1) is 16.8. The normalized spacial score (nSPS) is 10.8. The first-order chi connectivity index (χ1) is 12.2. The topological polar surface area (TPSA) is 80.9 Å². The van der Waals surface area contributed by atoms with Crippen LogP contribution in [-0.2, 0) is 13.0 Å². The third-order valence-electron chi connectivity index (χ3n) is 4.11. The zero-order valence-electron chi connectivity index (χ0n) is 14.1. The van der Waals surface area contributed by atoms with E-state index in [-0.39, 0.29) is 0 Å². The van der Waals surface area contributed by atoms with Crippen LogP contribution in [0.15, 0.2) is 48.5 Å². The van der Waals surface area contributed by atoms with Gasteiger partial charge in [0, 0.05) is 13.0 Å². The summed E-state index contributed by atoms with van der Waals surface area (Å²) in [6, 6.07) is 14.9. The van der Waals surface area contributed by atoms with E-state index < -0.39 is 5.97 Å². The minimum absolute atomic E-state index is 0.304. The van der Waals surface area contributed by atoms with E-state index in [1.54, 1.807) is 12.1 Å². The van der Waals surface area contributed by atoms with E-state index in [1.807, 2.05) is 41.1 Å². The van der Waals surface area contributed by atoms with Crippen molar-refractivity contribution in [1.29, 1.82) is 0 Å². The van der Waals surface area contributed by atoms with Gasteiger partial charge in [0.1, 0.15) is 0 Å². The van der Waals surface area contributed by atoms with Gasteiger partial charge in [-0.25, -0.2) is 9.48 Å². The number of carboxylic acids is 1. The number of rotatable bonds is 7. The van der Waals surface area contributed by atoms with E-state index in [0.29, 0.717) is 17.5 Å². The van der Waals surface area contributed by atoms with Crippen molar-refractivity contribution in [3.8, 4) is 11.1 Å². The average molecular weight is 336 g/mol. The summed E-state index contributed by atoms with van der Waals surface area (Å²) >= 11 is 0. The summed E-state index contributed by atoms with van der Waals surface area (Å²) in [7, 11) is 0. The van der Waals surface area contributed by atoms with Crippen LogP contribution in [0.5, 0.6) is 0 Å². The second-order valence-corrected chi connectivity index (χ2v) is 5.90. The highest BCUT2D eigenvalue weighted by Gasteiger charge is 2.11. The summed E-state index contributed by atoms with van der Waals surface area (Å²) in [6.45, 7) is 2.96. The van der Waals surface area contributed by atoms with Gasteiger partial charge in [-0.15, -0.1) is 5.10 Å². The molecule has 1 heterocycles. The Kier molecular flexibility index (Phi) is 5.18. The number of nitrogens with zero attached hydrogens (tertiary/aromatic N) is 4. The zero-order valence-corrected chi connectivity index (χ0v) is 14.1. The van der Waals surface area contributed by atoms with Crippen LogP contribution in [0.1, 0.15) is 41.5 Å². The van der Waals surface area contributed by atoms with Gasteiger partial charge in [0.15, 0.2) is 5.82 Å². The summed E-state index contributed by atoms with van der Waals surface area (Å²) in [5, 5.41) is 21.2. The van der Waals surface area contributed by atoms with Gasteiger partial charge >= 0.3 is 5.97 Å². The fourth-order valence-corrected chi connectivity index (χ4v) is 2.74. The maximum absolute atomic E-state index is 11.4. The smallest absolute Gasteiger partial charge is 0.336 e. The largest absolute Gasteiger partial charge is 0.478 e. The van der Waals surface area contributed by atoms with Crippen molar-refractivity contribution < 1.29 is 9.90 Å². The van der Waals surface area contributed by atoms with Gasteiger partial charge in [0.05, 0.1) is 5.56 Å². The molecule has 3 aromatic rings. The first-order valence-electron chi connectivity index (χ1n) is 8.35. The summed E-state index contributed by atoms with van der Waals surface area (Å²) in [6.07, 6.45) is 2.79. The lowest BCUT2D eigenvalue weighted by Crippen LogP contribution is -2.06. The van der Waals surface area contributed by atoms with Crippen LogP contribution in [0.4, 0.5) is 0 Å². The Morgan fingerprint density at radius 1 is 1.12 bits per heavy atom. The lowest BCUT2D eigenvalue weighted by molar-refractivity contribution is 0.0697. The second-order valence-electron chi connectivity index (χ2n) is 5.90. The van der Waals surface area contributed by atoms with Gasteiger partial charge in [0.2, 0.25) is 0 Å². The van der Waals surface area contributed by atoms with Crippen LogP contribution in [0.2, 0.25) is 0 Å². The Morgan fingerprint density at radius 3 is 2.60 bits per heavy atom. The van der Waals surface area contributed by atoms with Crippen molar-refractivity contribution >= 4 is 5.97 Å². The molecule has 0 aliphatic rings. The molecule has 0 spiro atoms. The monoisotopic (exact) mass is 336 g/mol. The number of hydrogen-bond donors (Lipinski definition) is 1. The molecule has 0 amide bonds. The molecule has 0 unspecified atom stereocenters. The SMILES string of the molecule is CCCCn1nnnc1Cc1ccc(-c2ccccc2C(=O)O)cc1. The molecule has 128 valence electrons. The molecule has 25 heavy (non-hydrogen) atoms. The van der Waals surface area contributed by atoms with Crippen molar-refractivity contribution in [3.63, 3.8) is 0 Å². The van der Waals surface area contributed by atoms with Gasteiger partial charge in [-0.2, -0.15) is 0 Å². The van der Waals surface area contributed by atoms with Crippen molar-refractivity contribution in [1.82, 2.24) is 20.2 Å². The van der Waals surface area contributed by atoms with Crippen molar-refractivity contribution in [2.45, 2.75) is 32.7 Å². The zero-order chi connectivity index (χ0) is 17.6. The maximum atomic E-state index is 11.4. The molecule has 1 aromatic heterocycles. The predicted octanol–water partition coefficient (Wildman–Crippen LogP) is 3.43. The Balaban J connectivity index is 1.80. The number of benzene rings is 2. The molecular weight excluding hydrogens is 316 g/mol. The van der Waals surface area contributed by atoms with Crippen molar-refractivity contribution in [2.24, 2.45) is 0 Å². The minimum atomic E-state index is -0.922. The molecule has 2 aromatic carbocycles. The van der Waals surface area contributed by atoms with E-state index in [1.165, 1.54) is 0 Å². The Hall–Kier alpha value is -3.02. The van der Waals surface area contributed by atoms with Crippen LogP contribution >= 0.6 is 0 Å². The van der Waals surface area contributed by atoms with Gasteiger partial charge < -0.3 is 5.11 Å². The highest BCUT2D eigenvalue weighted by atomic mass is 16.4. The van der Waals surface area contributed by atoms with E-state index >= 15 is 0 Å². The highest BCUT2D eigenvalue weighted by Crippen LogP contribution is 2.24. The third kappa shape index (κ3) is 3.91. The molecule has 0 atom stereocenters. The standard InChI is InChI=1S/C19H20N4O2/c1-2-3-12-23-18(20-21-22-23)13-14-8-10-15(11-9-14)16-6-4-5-7-17(16)19(24)25/h4-11H,2-3,12-13H2,1H3,(H,24,25). The van der Waals surface area contributed by atoms with E-state index in [4.69, 9.17) is 0 Å². The number of unbranched alkanes of at least 4 members (excludes halogenated alkanes) is 1. The van der Waals surface area contributed by atoms with Gasteiger partial charge in [-0.1, -0.05) is 55.8 Å². The molecule has 0 fully saturated rings. The number of hydrogen-bond acceptors (Lipinski definition) is 4.